The number of amides is 2. The molecule has 1 heterocycles. The maximum Gasteiger partial charge on any atom is 0.243 e. The van der Waals surface area contributed by atoms with Crippen molar-refractivity contribution in [3.8, 4) is 0 Å². The summed E-state index contributed by atoms with van der Waals surface area (Å²) in [5.74, 6) is -0.00165. The van der Waals surface area contributed by atoms with Gasteiger partial charge in [0.2, 0.25) is 21.8 Å². The van der Waals surface area contributed by atoms with Crippen molar-refractivity contribution in [2.45, 2.75) is 24.8 Å². The van der Waals surface area contributed by atoms with Gasteiger partial charge in [-0.25, -0.2) is 8.42 Å². The van der Waals surface area contributed by atoms with Gasteiger partial charge in [0.25, 0.3) is 0 Å². The molecule has 1 N–H and O–H groups in total. The zero-order chi connectivity index (χ0) is 26.0. The summed E-state index contributed by atoms with van der Waals surface area (Å²) < 4.78 is 38.5. The summed E-state index contributed by atoms with van der Waals surface area (Å²) in [6.07, 6.45) is 2.15. The number of benzene rings is 2. The third kappa shape index (κ3) is 7.77. The summed E-state index contributed by atoms with van der Waals surface area (Å²) in [6, 6.07) is 19.1. The van der Waals surface area contributed by atoms with E-state index in [-0.39, 0.29) is 43.0 Å². The first-order chi connectivity index (χ1) is 17.3. The zero-order valence-electron chi connectivity index (χ0n) is 20.4. The van der Waals surface area contributed by atoms with Gasteiger partial charge in [-0.3, -0.25) is 9.59 Å². The summed E-state index contributed by atoms with van der Waals surface area (Å²) in [6.45, 7) is 1.77. The third-order valence-electron chi connectivity index (χ3n) is 5.46. The number of hydrogen-bond acceptors (Lipinski definition) is 6. The van der Waals surface area contributed by atoms with Crippen LogP contribution in [0, 0.1) is 0 Å². The number of carbonyl (C=O) groups excluding carboxylic acids is 2. The summed E-state index contributed by atoms with van der Waals surface area (Å²) in [7, 11) is -2.54. The largest absolute Gasteiger partial charge is 0.467 e. The zero-order valence-corrected chi connectivity index (χ0v) is 21.2. The van der Waals surface area contributed by atoms with Gasteiger partial charge in [0.05, 0.1) is 30.9 Å². The highest BCUT2D eigenvalue weighted by molar-refractivity contribution is 7.89. The van der Waals surface area contributed by atoms with Crippen LogP contribution in [0.2, 0.25) is 0 Å². The topological polar surface area (TPSA) is 109 Å². The Labute approximate surface area is 211 Å². The minimum atomic E-state index is -4.01. The molecule has 0 atom stereocenters. The van der Waals surface area contributed by atoms with Crippen LogP contribution in [0.15, 0.2) is 82.3 Å². The average Bonchev–Trinajstić information content (AvgIpc) is 3.38. The lowest BCUT2D eigenvalue weighted by Gasteiger charge is -2.27. The Bertz CT molecular complexity index is 1210. The van der Waals surface area contributed by atoms with E-state index in [0.717, 1.165) is 9.87 Å². The smallest absolute Gasteiger partial charge is 0.243 e. The van der Waals surface area contributed by atoms with Crippen molar-refractivity contribution in [3.05, 3.63) is 84.3 Å². The Morgan fingerprint density at radius 3 is 2.31 bits per heavy atom. The number of nitrogens with zero attached hydrogens (tertiary/aromatic N) is 2. The molecule has 3 aromatic rings. The number of rotatable bonds is 13. The van der Waals surface area contributed by atoms with Gasteiger partial charge in [0.15, 0.2) is 0 Å². The van der Waals surface area contributed by atoms with Crippen molar-refractivity contribution in [1.82, 2.24) is 9.21 Å². The van der Waals surface area contributed by atoms with Crippen LogP contribution >= 0.6 is 0 Å². The van der Waals surface area contributed by atoms with E-state index in [2.05, 4.69) is 5.32 Å². The van der Waals surface area contributed by atoms with Gasteiger partial charge in [0, 0.05) is 32.8 Å². The van der Waals surface area contributed by atoms with E-state index in [0.29, 0.717) is 24.4 Å². The lowest BCUT2D eigenvalue weighted by atomic mass is 10.1. The molecule has 2 amide bonds. The molecule has 0 aliphatic heterocycles. The van der Waals surface area contributed by atoms with Crippen molar-refractivity contribution < 1.29 is 27.2 Å². The third-order valence-corrected chi connectivity index (χ3v) is 7.32. The number of nitrogens with one attached hydrogen (secondary N) is 1. The highest BCUT2D eigenvalue weighted by Gasteiger charge is 2.28. The number of hydrogen-bond donors (Lipinski definition) is 1. The van der Waals surface area contributed by atoms with Crippen LogP contribution in [0.1, 0.15) is 18.2 Å². The minimum absolute atomic E-state index is 0.00526. The van der Waals surface area contributed by atoms with E-state index in [1.54, 1.807) is 17.0 Å². The van der Waals surface area contributed by atoms with Crippen molar-refractivity contribution in [3.63, 3.8) is 0 Å². The Morgan fingerprint density at radius 1 is 0.972 bits per heavy atom. The Kier molecular flexibility index (Phi) is 9.80. The van der Waals surface area contributed by atoms with Crippen molar-refractivity contribution in [2.75, 3.05) is 38.7 Å². The highest BCUT2D eigenvalue weighted by atomic mass is 32.2. The van der Waals surface area contributed by atoms with Gasteiger partial charge < -0.3 is 19.4 Å². The molecule has 2 aromatic carbocycles. The molecule has 0 aliphatic rings. The predicted octanol–water partition coefficient (Wildman–Crippen LogP) is 3.15. The van der Waals surface area contributed by atoms with E-state index in [9.17, 15) is 18.0 Å². The molecule has 0 fully saturated rings. The number of sulfonamides is 1. The first-order valence-electron chi connectivity index (χ1n) is 11.5. The predicted molar refractivity (Wildman–Crippen MR) is 136 cm³/mol. The van der Waals surface area contributed by atoms with Gasteiger partial charge in [-0.05, 0) is 48.4 Å². The molecule has 36 heavy (non-hydrogen) atoms. The Morgan fingerprint density at radius 2 is 1.69 bits per heavy atom. The lowest BCUT2D eigenvalue weighted by Crippen LogP contribution is -2.44. The van der Waals surface area contributed by atoms with Gasteiger partial charge >= 0.3 is 0 Å². The minimum Gasteiger partial charge on any atom is -0.467 e. The molecular weight excluding hydrogens is 482 g/mol. The Balaban J connectivity index is 1.79. The van der Waals surface area contributed by atoms with E-state index in [1.807, 2.05) is 30.3 Å². The number of anilines is 1. The van der Waals surface area contributed by atoms with Gasteiger partial charge in [-0.1, -0.05) is 30.3 Å². The fourth-order valence-electron chi connectivity index (χ4n) is 3.58. The quantitative estimate of drug-likeness (QED) is 0.376. The molecule has 0 aliphatic carbocycles. The summed E-state index contributed by atoms with van der Waals surface area (Å²) in [5, 5.41) is 2.61. The summed E-state index contributed by atoms with van der Waals surface area (Å²) >= 11 is 0. The molecule has 0 unspecified atom stereocenters. The Hall–Kier alpha value is -3.47. The second-order valence-electron chi connectivity index (χ2n) is 8.17. The number of ether oxygens (including phenoxy) is 1. The summed E-state index contributed by atoms with van der Waals surface area (Å²) in [5.41, 5.74) is 1.55. The van der Waals surface area contributed by atoms with Crippen molar-refractivity contribution in [1.29, 1.82) is 0 Å². The standard InChI is InChI=1S/C26H31N3O6S/c1-21(30)27-23-10-12-25(13-11-23)36(32,33)29(16-18-34-2)20-26(31)28(19-24-9-6-17-35-24)15-14-22-7-4-3-5-8-22/h3-13,17H,14-16,18-20H2,1-2H3,(H,27,30). The van der Waals surface area contributed by atoms with Crippen molar-refractivity contribution in [2.24, 2.45) is 0 Å². The first-order valence-corrected chi connectivity index (χ1v) is 12.9. The SMILES string of the molecule is COCCN(CC(=O)N(CCc1ccccc1)Cc1ccco1)S(=O)(=O)c1ccc(NC(C)=O)cc1. The molecular formula is C26H31N3O6S. The average molecular weight is 514 g/mol. The van der Waals surface area contributed by atoms with Crippen LogP contribution in [0.3, 0.4) is 0 Å². The second kappa shape index (κ2) is 13.0. The normalized spacial score (nSPS) is 11.4. The maximum atomic E-state index is 13.4. The van der Waals surface area contributed by atoms with Crippen LogP contribution in [-0.4, -0.2) is 62.8 Å². The van der Waals surface area contributed by atoms with Crippen LogP contribution in [-0.2, 0) is 37.3 Å². The van der Waals surface area contributed by atoms with Gasteiger partial charge in [-0.2, -0.15) is 4.31 Å². The molecule has 0 saturated heterocycles. The van der Waals surface area contributed by atoms with Crippen molar-refractivity contribution >= 4 is 27.5 Å². The maximum absolute atomic E-state index is 13.4. The molecule has 1 aromatic heterocycles. The molecule has 192 valence electrons. The highest BCUT2D eigenvalue weighted by Crippen LogP contribution is 2.19. The fourth-order valence-corrected chi connectivity index (χ4v) is 4.96. The monoisotopic (exact) mass is 513 g/mol. The van der Waals surface area contributed by atoms with Crippen LogP contribution in [0.4, 0.5) is 5.69 Å². The van der Waals surface area contributed by atoms with E-state index in [1.165, 1.54) is 44.6 Å². The molecule has 3 rings (SSSR count). The molecule has 0 bridgehead atoms. The lowest BCUT2D eigenvalue weighted by molar-refractivity contribution is -0.132. The van der Waals surface area contributed by atoms with Gasteiger partial charge in [0.1, 0.15) is 5.76 Å². The fraction of sp³-hybridized carbons (Fsp3) is 0.308. The first kappa shape index (κ1) is 27.1. The van der Waals surface area contributed by atoms with Gasteiger partial charge in [-0.15, -0.1) is 0 Å². The number of furan rings is 1. The van der Waals surface area contributed by atoms with Crippen LogP contribution < -0.4 is 5.32 Å². The number of carbonyl (C=O) groups is 2. The molecule has 9 nitrogen and oxygen atoms in total. The van der Waals surface area contributed by atoms with E-state index in [4.69, 9.17) is 9.15 Å². The van der Waals surface area contributed by atoms with Crippen LogP contribution in [0.5, 0.6) is 0 Å². The second-order valence-corrected chi connectivity index (χ2v) is 10.1. The molecule has 0 saturated carbocycles. The van der Waals surface area contributed by atoms with Crippen LogP contribution in [0.25, 0.3) is 0 Å². The molecule has 0 radical (unpaired) electrons. The summed E-state index contributed by atoms with van der Waals surface area (Å²) in [4.78, 5) is 26.3. The number of methoxy groups -OCH3 is 1. The van der Waals surface area contributed by atoms with E-state index < -0.39 is 10.0 Å². The molecule has 10 heteroatoms. The van der Waals surface area contributed by atoms with E-state index >= 15 is 0 Å². The molecule has 0 spiro atoms.